The van der Waals surface area contributed by atoms with Crippen molar-refractivity contribution in [3.8, 4) is 0 Å². The maximum Gasteiger partial charge on any atom is 0.221 e. The fourth-order valence-electron chi connectivity index (χ4n) is 2.50. The maximum absolute atomic E-state index is 11.0. The summed E-state index contributed by atoms with van der Waals surface area (Å²) in [6.45, 7) is 5.18. The van der Waals surface area contributed by atoms with Gasteiger partial charge in [-0.15, -0.1) is 0 Å². The predicted molar refractivity (Wildman–Crippen MR) is 95.7 cm³/mol. The molecule has 1 aromatic carbocycles. The summed E-state index contributed by atoms with van der Waals surface area (Å²) >= 11 is 0. The number of amides is 1. The molecule has 23 heavy (non-hydrogen) atoms. The van der Waals surface area contributed by atoms with Crippen molar-refractivity contribution in [3.05, 3.63) is 42.0 Å². The van der Waals surface area contributed by atoms with Crippen LogP contribution < -0.4 is 16.0 Å². The van der Waals surface area contributed by atoms with Gasteiger partial charge in [0.1, 0.15) is 0 Å². The summed E-state index contributed by atoms with van der Waals surface area (Å²) in [6, 6.07) is 8.37. The first-order valence-corrected chi connectivity index (χ1v) is 8.23. The van der Waals surface area contributed by atoms with E-state index < -0.39 is 0 Å². The molecule has 0 aliphatic heterocycles. The van der Waals surface area contributed by atoms with E-state index in [-0.39, 0.29) is 5.91 Å². The van der Waals surface area contributed by atoms with Crippen molar-refractivity contribution in [1.29, 1.82) is 0 Å². The molecule has 0 radical (unpaired) electrons. The molecule has 3 N–H and O–H groups in total. The zero-order valence-corrected chi connectivity index (χ0v) is 13.9. The number of nitrogens with zero attached hydrogens (tertiary/aromatic N) is 1. The van der Waals surface area contributed by atoms with Crippen molar-refractivity contribution in [3.63, 3.8) is 0 Å². The summed E-state index contributed by atoms with van der Waals surface area (Å²) in [7, 11) is 0. The number of nitrogens with one attached hydrogen (secondary N) is 3. The lowest BCUT2D eigenvalue weighted by Crippen LogP contribution is -2.42. The maximum atomic E-state index is 11.0. The van der Waals surface area contributed by atoms with Gasteiger partial charge in [0.15, 0.2) is 5.96 Å². The number of carbonyl (C=O) groups excluding carboxylic acids is 1. The van der Waals surface area contributed by atoms with Crippen LogP contribution in [0.1, 0.15) is 32.3 Å². The van der Waals surface area contributed by atoms with Crippen LogP contribution in [0, 0.1) is 0 Å². The molecule has 0 fully saturated rings. The van der Waals surface area contributed by atoms with Gasteiger partial charge in [-0.1, -0.05) is 24.3 Å². The van der Waals surface area contributed by atoms with Gasteiger partial charge >= 0.3 is 0 Å². The van der Waals surface area contributed by atoms with Crippen LogP contribution in [0.5, 0.6) is 0 Å². The zero-order chi connectivity index (χ0) is 16.5. The molecule has 124 valence electrons. The van der Waals surface area contributed by atoms with Crippen molar-refractivity contribution in [2.75, 3.05) is 18.4 Å². The topological polar surface area (TPSA) is 65.5 Å². The Labute approximate surface area is 138 Å². The molecule has 1 aromatic rings. The van der Waals surface area contributed by atoms with Gasteiger partial charge in [0.05, 0.1) is 0 Å². The van der Waals surface area contributed by atoms with Crippen LogP contribution in [-0.4, -0.2) is 31.0 Å². The highest BCUT2D eigenvalue weighted by Crippen LogP contribution is 2.10. The Hall–Kier alpha value is -2.30. The Bertz CT molecular complexity index is 555. The van der Waals surface area contributed by atoms with Gasteiger partial charge in [-0.3, -0.25) is 9.79 Å². The molecule has 2 rings (SSSR count). The van der Waals surface area contributed by atoms with Crippen LogP contribution >= 0.6 is 0 Å². The third-order valence-electron chi connectivity index (χ3n) is 3.64. The minimum atomic E-state index is -0.0508. The Kier molecular flexibility index (Phi) is 6.66. The minimum absolute atomic E-state index is 0.0508. The fourth-order valence-corrected chi connectivity index (χ4v) is 2.50. The van der Waals surface area contributed by atoms with Crippen molar-refractivity contribution < 1.29 is 4.79 Å². The Morgan fingerprint density at radius 1 is 1.22 bits per heavy atom. The lowest BCUT2D eigenvalue weighted by atomic mass is 10.1. The number of aliphatic imine (C=N–C) groups is 1. The van der Waals surface area contributed by atoms with E-state index in [1.54, 1.807) is 0 Å². The number of guanidine groups is 1. The van der Waals surface area contributed by atoms with E-state index in [9.17, 15) is 4.79 Å². The molecule has 5 nitrogen and oxygen atoms in total. The second-order valence-electron chi connectivity index (χ2n) is 5.67. The molecule has 0 unspecified atom stereocenters. The molecule has 1 amide bonds. The van der Waals surface area contributed by atoms with Gasteiger partial charge in [-0.25, -0.2) is 0 Å². The highest BCUT2D eigenvalue weighted by atomic mass is 16.1. The number of rotatable bonds is 6. The lowest BCUT2D eigenvalue weighted by molar-refractivity contribution is -0.114. The lowest BCUT2D eigenvalue weighted by Gasteiger charge is -2.16. The smallest absolute Gasteiger partial charge is 0.221 e. The molecular weight excluding hydrogens is 288 g/mol. The van der Waals surface area contributed by atoms with Crippen LogP contribution in [0.2, 0.25) is 0 Å². The summed E-state index contributed by atoms with van der Waals surface area (Å²) in [4.78, 5) is 15.6. The van der Waals surface area contributed by atoms with E-state index in [0.717, 1.165) is 44.0 Å². The quantitative estimate of drug-likeness (QED) is 0.429. The molecule has 0 spiro atoms. The molecule has 0 aromatic heterocycles. The summed E-state index contributed by atoms with van der Waals surface area (Å²) in [5.74, 6) is 0.834. The van der Waals surface area contributed by atoms with Gasteiger partial charge in [0.2, 0.25) is 5.91 Å². The van der Waals surface area contributed by atoms with Gasteiger partial charge in [-0.05, 0) is 43.9 Å². The van der Waals surface area contributed by atoms with Crippen molar-refractivity contribution in [2.45, 2.75) is 39.2 Å². The number of anilines is 1. The fraction of sp³-hybridized carbons (Fsp3) is 0.444. The molecule has 1 aliphatic carbocycles. The summed E-state index contributed by atoms with van der Waals surface area (Å²) in [6.07, 6.45) is 7.42. The first-order valence-electron chi connectivity index (χ1n) is 8.23. The average molecular weight is 314 g/mol. The molecule has 1 aliphatic rings. The molecular formula is C18H26N4O. The Balaban J connectivity index is 1.83. The van der Waals surface area contributed by atoms with E-state index in [4.69, 9.17) is 0 Å². The highest BCUT2D eigenvalue weighted by Gasteiger charge is 2.11. The van der Waals surface area contributed by atoms with E-state index in [1.807, 2.05) is 24.3 Å². The highest BCUT2D eigenvalue weighted by molar-refractivity contribution is 5.88. The van der Waals surface area contributed by atoms with Crippen LogP contribution in [0.3, 0.4) is 0 Å². The van der Waals surface area contributed by atoms with Gasteiger partial charge in [0, 0.05) is 31.7 Å². The summed E-state index contributed by atoms with van der Waals surface area (Å²) < 4.78 is 0. The van der Waals surface area contributed by atoms with Crippen molar-refractivity contribution >= 4 is 17.6 Å². The van der Waals surface area contributed by atoms with E-state index in [2.05, 4.69) is 40.0 Å². The van der Waals surface area contributed by atoms with Crippen LogP contribution in [0.15, 0.2) is 41.4 Å². The summed E-state index contributed by atoms with van der Waals surface area (Å²) in [5, 5.41) is 9.52. The SMILES string of the molecule is CCNC(=NCCc1ccc(NC(C)=O)cc1)NC1CC=CC1. The molecule has 0 atom stereocenters. The first-order chi connectivity index (χ1) is 11.2. The average Bonchev–Trinajstić information content (AvgIpc) is 3.01. The van der Waals surface area contributed by atoms with Gasteiger partial charge < -0.3 is 16.0 Å². The third kappa shape index (κ3) is 6.14. The number of carbonyl (C=O) groups is 1. The second-order valence-corrected chi connectivity index (χ2v) is 5.67. The summed E-state index contributed by atoms with van der Waals surface area (Å²) in [5.41, 5.74) is 2.04. The monoisotopic (exact) mass is 314 g/mol. The van der Waals surface area contributed by atoms with Gasteiger partial charge in [0.25, 0.3) is 0 Å². The van der Waals surface area contributed by atoms with Crippen molar-refractivity contribution in [2.24, 2.45) is 4.99 Å². The zero-order valence-electron chi connectivity index (χ0n) is 13.9. The standard InChI is InChI=1S/C18H26N4O/c1-3-19-18(22-16-6-4-5-7-16)20-13-12-15-8-10-17(11-9-15)21-14(2)23/h4-5,8-11,16H,3,6-7,12-13H2,1-2H3,(H,21,23)(H2,19,20,22). The molecule has 0 saturated carbocycles. The van der Waals surface area contributed by atoms with E-state index >= 15 is 0 Å². The van der Waals surface area contributed by atoms with Crippen LogP contribution in [0.4, 0.5) is 5.69 Å². The predicted octanol–water partition coefficient (Wildman–Crippen LogP) is 2.46. The van der Waals surface area contributed by atoms with Crippen LogP contribution in [-0.2, 0) is 11.2 Å². The molecule has 5 heteroatoms. The second kappa shape index (κ2) is 8.98. The number of hydrogen-bond acceptors (Lipinski definition) is 2. The number of benzene rings is 1. The largest absolute Gasteiger partial charge is 0.357 e. The Morgan fingerprint density at radius 2 is 1.91 bits per heavy atom. The van der Waals surface area contributed by atoms with Crippen molar-refractivity contribution in [1.82, 2.24) is 10.6 Å². The third-order valence-corrected chi connectivity index (χ3v) is 3.64. The normalized spacial score (nSPS) is 14.8. The van der Waals surface area contributed by atoms with E-state index in [1.165, 1.54) is 12.5 Å². The van der Waals surface area contributed by atoms with Crippen LogP contribution in [0.25, 0.3) is 0 Å². The van der Waals surface area contributed by atoms with E-state index in [0.29, 0.717) is 6.04 Å². The molecule has 0 heterocycles. The number of hydrogen-bond donors (Lipinski definition) is 3. The minimum Gasteiger partial charge on any atom is -0.357 e. The Morgan fingerprint density at radius 3 is 2.52 bits per heavy atom. The molecule has 0 bridgehead atoms. The van der Waals surface area contributed by atoms with Gasteiger partial charge in [-0.2, -0.15) is 0 Å². The first kappa shape index (κ1) is 17.1. The molecule has 0 saturated heterocycles.